The molecular formula is C18H23N5O4S. The van der Waals surface area contributed by atoms with Crippen LogP contribution in [0.1, 0.15) is 43.0 Å². The van der Waals surface area contributed by atoms with Gasteiger partial charge in [0, 0.05) is 5.69 Å². The van der Waals surface area contributed by atoms with Gasteiger partial charge in [0.1, 0.15) is 6.20 Å². The lowest BCUT2D eigenvalue weighted by Crippen LogP contribution is -2.30. The Morgan fingerprint density at radius 3 is 2.68 bits per heavy atom. The number of hydrogen-bond donors (Lipinski definition) is 2. The Hall–Kier alpha value is -2.88. The normalized spacial score (nSPS) is 10.5. The van der Waals surface area contributed by atoms with Crippen molar-refractivity contribution < 1.29 is 14.3 Å². The Balaban J connectivity index is 1.79. The second kappa shape index (κ2) is 11.1. The van der Waals surface area contributed by atoms with Crippen molar-refractivity contribution in [1.29, 1.82) is 0 Å². The molecule has 0 fully saturated rings. The fourth-order valence-electron chi connectivity index (χ4n) is 2.22. The molecule has 0 spiro atoms. The quantitative estimate of drug-likeness (QED) is 0.265. The minimum Gasteiger partial charge on any atom is -0.462 e. The number of carbonyl (C=O) groups excluding carboxylic acids is 2. The Bertz CT molecular complexity index is 854. The number of anilines is 1. The number of nitrogens with two attached hydrogens (primary N) is 1. The van der Waals surface area contributed by atoms with Crippen LogP contribution in [0.25, 0.3) is 0 Å². The maximum Gasteiger partial charge on any atom is 0.338 e. The van der Waals surface area contributed by atoms with E-state index in [4.69, 9.17) is 10.6 Å². The van der Waals surface area contributed by atoms with E-state index in [2.05, 4.69) is 22.4 Å². The van der Waals surface area contributed by atoms with Gasteiger partial charge in [-0.15, -0.1) is 5.10 Å². The number of nitrogen functional groups attached to an aromatic ring is 1. The largest absolute Gasteiger partial charge is 0.462 e. The predicted octanol–water partition coefficient (Wildman–Crippen LogP) is 1.82. The van der Waals surface area contributed by atoms with E-state index in [1.54, 1.807) is 24.3 Å². The van der Waals surface area contributed by atoms with Gasteiger partial charge in [0.25, 0.3) is 5.56 Å². The molecule has 1 aromatic carbocycles. The number of amides is 1. The molecule has 1 heterocycles. The molecule has 3 N–H and O–H groups in total. The van der Waals surface area contributed by atoms with Crippen molar-refractivity contribution in [2.24, 2.45) is 0 Å². The molecule has 2 rings (SSSR count). The first-order chi connectivity index (χ1) is 13.5. The third kappa shape index (κ3) is 6.69. The van der Waals surface area contributed by atoms with Crippen LogP contribution in [0, 0.1) is 0 Å². The lowest BCUT2D eigenvalue weighted by Gasteiger charge is -2.08. The molecule has 0 radical (unpaired) electrons. The summed E-state index contributed by atoms with van der Waals surface area (Å²) in [5.41, 5.74) is 0.453. The van der Waals surface area contributed by atoms with E-state index in [1.165, 1.54) is 0 Å². The smallest absolute Gasteiger partial charge is 0.338 e. The van der Waals surface area contributed by atoms with Gasteiger partial charge in [-0.25, -0.2) is 4.79 Å². The lowest BCUT2D eigenvalue weighted by molar-refractivity contribution is -0.113. The minimum atomic E-state index is -0.509. The molecule has 1 amide bonds. The van der Waals surface area contributed by atoms with Crippen molar-refractivity contribution >= 4 is 29.3 Å². The van der Waals surface area contributed by atoms with Crippen LogP contribution in [0.4, 0.5) is 5.69 Å². The van der Waals surface area contributed by atoms with E-state index in [-0.39, 0.29) is 22.8 Å². The molecule has 2 aromatic rings. The molecule has 0 atom stereocenters. The van der Waals surface area contributed by atoms with Gasteiger partial charge in [-0.05, 0) is 30.7 Å². The number of unbranched alkanes of at least 4 members (excludes halogenated alkanes) is 3. The summed E-state index contributed by atoms with van der Waals surface area (Å²) in [5.74, 6) is 4.84. The van der Waals surface area contributed by atoms with Crippen molar-refractivity contribution in [3.05, 3.63) is 46.4 Å². The summed E-state index contributed by atoms with van der Waals surface area (Å²) in [6.07, 6.45) is 5.14. The van der Waals surface area contributed by atoms with Gasteiger partial charge in [0.05, 0.1) is 17.9 Å². The number of ether oxygens (including phenoxy) is 1. The monoisotopic (exact) mass is 405 g/mol. The Morgan fingerprint density at radius 1 is 1.21 bits per heavy atom. The topological polar surface area (TPSA) is 129 Å². The van der Waals surface area contributed by atoms with Gasteiger partial charge < -0.3 is 15.9 Å². The zero-order valence-corrected chi connectivity index (χ0v) is 16.4. The number of thioether (sulfide) groups is 1. The molecule has 9 nitrogen and oxygen atoms in total. The highest BCUT2D eigenvalue weighted by Gasteiger charge is 2.10. The Kier molecular flexibility index (Phi) is 8.47. The third-order valence-electron chi connectivity index (χ3n) is 3.72. The Labute approximate surface area is 166 Å². The average molecular weight is 405 g/mol. The van der Waals surface area contributed by atoms with Crippen LogP contribution >= 0.6 is 11.8 Å². The summed E-state index contributed by atoms with van der Waals surface area (Å²) in [6.45, 7) is 2.53. The highest BCUT2D eigenvalue weighted by molar-refractivity contribution is 7.99. The summed E-state index contributed by atoms with van der Waals surface area (Å²) in [6, 6.07) is 6.43. The molecule has 150 valence electrons. The number of hydrogen-bond acceptors (Lipinski definition) is 8. The first-order valence-electron chi connectivity index (χ1n) is 8.91. The van der Waals surface area contributed by atoms with Crippen molar-refractivity contribution in [3.63, 3.8) is 0 Å². The van der Waals surface area contributed by atoms with Crippen LogP contribution in [0.3, 0.4) is 0 Å². The number of nitrogens with zero attached hydrogens (tertiary/aromatic N) is 3. The summed E-state index contributed by atoms with van der Waals surface area (Å²) in [4.78, 5) is 35.4. The molecule has 0 bridgehead atoms. The number of aromatic nitrogens is 3. The molecule has 0 saturated carbocycles. The molecule has 28 heavy (non-hydrogen) atoms. The standard InChI is InChI=1S/C18H23N5O4S/c1-2-3-4-5-10-27-17(26)13-6-8-14(9-7-13)21-15(24)12-28-18-22-20-11-16(25)23(18)19/h6-9,11H,2-5,10,12,19H2,1H3,(H,21,24). The van der Waals surface area contributed by atoms with Gasteiger partial charge in [0.2, 0.25) is 11.1 Å². The molecule has 10 heteroatoms. The van der Waals surface area contributed by atoms with Crippen LogP contribution in [0.15, 0.2) is 40.4 Å². The maximum absolute atomic E-state index is 12.0. The van der Waals surface area contributed by atoms with Gasteiger partial charge in [0.15, 0.2) is 0 Å². The second-order valence-electron chi connectivity index (χ2n) is 5.95. The third-order valence-corrected chi connectivity index (χ3v) is 4.67. The van der Waals surface area contributed by atoms with Gasteiger partial charge in [-0.3, -0.25) is 9.59 Å². The van der Waals surface area contributed by atoms with E-state index in [0.29, 0.717) is 17.9 Å². The van der Waals surface area contributed by atoms with E-state index >= 15 is 0 Å². The number of nitrogens with one attached hydrogen (secondary N) is 1. The maximum atomic E-state index is 12.0. The van der Waals surface area contributed by atoms with E-state index in [9.17, 15) is 14.4 Å². The van der Waals surface area contributed by atoms with Crippen molar-refractivity contribution in [3.8, 4) is 0 Å². The lowest BCUT2D eigenvalue weighted by atomic mass is 10.2. The van der Waals surface area contributed by atoms with Crippen molar-refractivity contribution in [2.45, 2.75) is 37.8 Å². The summed E-state index contributed by atoms with van der Waals surface area (Å²) >= 11 is 0.989. The zero-order valence-electron chi connectivity index (χ0n) is 15.6. The van der Waals surface area contributed by atoms with Crippen molar-refractivity contribution in [2.75, 3.05) is 23.5 Å². The van der Waals surface area contributed by atoms with Gasteiger partial charge in [-0.1, -0.05) is 37.9 Å². The SMILES string of the molecule is CCCCCCOC(=O)c1ccc(NC(=O)CSc2nncc(=O)n2N)cc1. The number of carbonyl (C=O) groups is 2. The molecule has 0 aliphatic heterocycles. The highest BCUT2D eigenvalue weighted by atomic mass is 32.2. The van der Waals surface area contributed by atoms with Crippen LogP contribution in [-0.4, -0.2) is 39.1 Å². The number of rotatable bonds is 10. The molecule has 0 aliphatic carbocycles. The second-order valence-corrected chi connectivity index (χ2v) is 6.89. The van der Waals surface area contributed by atoms with Crippen LogP contribution < -0.4 is 16.7 Å². The zero-order chi connectivity index (χ0) is 20.4. The Morgan fingerprint density at radius 2 is 1.96 bits per heavy atom. The molecule has 0 saturated heterocycles. The fourth-order valence-corrected chi connectivity index (χ4v) is 2.89. The van der Waals surface area contributed by atoms with Gasteiger partial charge in [-0.2, -0.15) is 9.77 Å². The minimum absolute atomic E-state index is 0.00309. The van der Waals surface area contributed by atoms with E-state index < -0.39 is 5.56 Å². The fraction of sp³-hybridized carbons (Fsp3) is 0.389. The van der Waals surface area contributed by atoms with Crippen LogP contribution in [0.2, 0.25) is 0 Å². The molecular weight excluding hydrogens is 382 g/mol. The summed E-state index contributed by atoms with van der Waals surface area (Å²) in [7, 11) is 0. The highest BCUT2D eigenvalue weighted by Crippen LogP contribution is 2.14. The predicted molar refractivity (Wildman–Crippen MR) is 107 cm³/mol. The molecule has 1 aromatic heterocycles. The average Bonchev–Trinajstić information content (AvgIpc) is 2.69. The first-order valence-corrected chi connectivity index (χ1v) is 9.89. The van der Waals surface area contributed by atoms with E-state index in [1.807, 2.05) is 0 Å². The van der Waals surface area contributed by atoms with Crippen LogP contribution in [-0.2, 0) is 9.53 Å². The molecule has 0 unspecified atom stereocenters. The number of esters is 1. The summed E-state index contributed by atoms with van der Waals surface area (Å²) < 4.78 is 6.05. The van der Waals surface area contributed by atoms with Crippen LogP contribution in [0.5, 0.6) is 0 Å². The van der Waals surface area contributed by atoms with Crippen molar-refractivity contribution in [1.82, 2.24) is 14.9 Å². The van der Waals surface area contributed by atoms with Gasteiger partial charge >= 0.3 is 5.97 Å². The van der Waals surface area contributed by atoms with E-state index in [0.717, 1.165) is 48.3 Å². The number of benzene rings is 1. The first kappa shape index (κ1) is 21.4. The summed E-state index contributed by atoms with van der Waals surface area (Å²) in [5, 5.41) is 10.0. The molecule has 0 aliphatic rings.